The smallest absolute Gasteiger partial charge is 0.144 e. The van der Waals surface area contributed by atoms with E-state index < -0.39 is 0 Å². The Balaban J connectivity index is 3.18. The Labute approximate surface area is 61.4 Å². The molecular formula is C4H12BO2P2. The van der Waals surface area contributed by atoms with Crippen molar-refractivity contribution in [2.75, 3.05) is 13.2 Å². The van der Waals surface area contributed by atoms with E-state index in [1.807, 2.05) is 7.00 Å². The Kier molecular flexibility index (Phi) is 7.61. The molecule has 0 aliphatic carbocycles. The standard InChI is InChI=1S/C4H12BO2P2/c6-2-1-4(5-8)3-7-9/h4,6H,1-3,8-9H2. The predicted molar refractivity (Wildman–Crippen MR) is 46.6 cm³/mol. The number of aliphatic hydroxyl groups excluding tert-OH is 1. The largest absolute Gasteiger partial charge is 0.396 e. The summed E-state index contributed by atoms with van der Waals surface area (Å²) in [6.45, 7) is 2.85. The lowest BCUT2D eigenvalue weighted by atomic mass is 9.84. The summed E-state index contributed by atoms with van der Waals surface area (Å²) < 4.78 is 4.81. The lowest BCUT2D eigenvalue weighted by molar-refractivity contribution is 0.265. The number of hydrogen-bond donors (Lipinski definition) is 1. The van der Waals surface area contributed by atoms with E-state index in [0.717, 1.165) is 6.42 Å². The maximum atomic E-state index is 8.50. The van der Waals surface area contributed by atoms with Crippen LogP contribution in [0.15, 0.2) is 0 Å². The van der Waals surface area contributed by atoms with Crippen molar-refractivity contribution in [1.29, 1.82) is 0 Å². The van der Waals surface area contributed by atoms with Gasteiger partial charge in [-0.3, -0.25) is 0 Å². The zero-order valence-corrected chi connectivity index (χ0v) is 7.60. The quantitative estimate of drug-likeness (QED) is 0.473. The molecule has 0 aliphatic rings. The Hall–Kier alpha value is 0.845. The number of rotatable bonds is 5. The van der Waals surface area contributed by atoms with Gasteiger partial charge in [0.05, 0.1) is 0 Å². The molecule has 0 saturated heterocycles. The molecule has 9 heavy (non-hydrogen) atoms. The van der Waals surface area contributed by atoms with E-state index in [0.29, 0.717) is 12.4 Å². The molecule has 0 saturated carbocycles. The van der Waals surface area contributed by atoms with Crippen molar-refractivity contribution in [1.82, 2.24) is 0 Å². The fraction of sp³-hybridized carbons (Fsp3) is 1.00. The molecule has 1 N–H and O–H groups in total. The van der Waals surface area contributed by atoms with E-state index in [9.17, 15) is 0 Å². The zero-order valence-electron chi connectivity index (χ0n) is 5.29. The highest BCUT2D eigenvalue weighted by Gasteiger charge is 2.04. The van der Waals surface area contributed by atoms with Crippen LogP contribution in [-0.2, 0) is 4.52 Å². The topological polar surface area (TPSA) is 29.5 Å². The first-order valence-corrected chi connectivity index (χ1v) is 3.96. The average Bonchev–Trinajstić information content (AvgIpc) is 1.88. The van der Waals surface area contributed by atoms with Crippen LogP contribution in [0, 0.1) is 0 Å². The van der Waals surface area contributed by atoms with Crippen LogP contribution in [0.4, 0.5) is 0 Å². The molecule has 0 spiro atoms. The molecule has 53 valence electrons. The lowest BCUT2D eigenvalue weighted by Crippen LogP contribution is -2.05. The van der Waals surface area contributed by atoms with Gasteiger partial charge in [0.1, 0.15) is 7.00 Å². The third-order valence-electron chi connectivity index (χ3n) is 1.08. The van der Waals surface area contributed by atoms with Crippen LogP contribution in [0.25, 0.3) is 0 Å². The van der Waals surface area contributed by atoms with Gasteiger partial charge in [0.2, 0.25) is 0 Å². The summed E-state index contributed by atoms with van der Waals surface area (Å²) in [5.41, 5.74) is 0. The first-order chi connectivity index (χ1) is 4.35. The Morgan fingerprint density at radius 2 is 2.33 bits per heavy atom. The van der Waals surface area contributed by atoms with Crippen molar-refractivity contribution in [2.24, 2.45) is 0 Å². The maximum absolute atomic E-state index is 8.50. The predicted octanol–water partition coefficient (Wildman–Crippen LogP) is 0.458. The minimum Gasteiger partial charge on any atom is -0.396 e. The van der Waals surface area contributed by atoms with Crippen molar-refractivity contribution < 1.29 is 9.63 Å². The van der Waals surface area contributed by atoms with Crippen LogP contribution in [0.5, 0.6) is 0 Å². The van der Waals surface area contributed by atoms with Crippen LogP contribution in [0.3, 0.4) is 0 Å². The van der Waals surface area contributed by atoms with Gasteiger partial charge in [-0.1, -0.05) is 0 Å². The Morgan fingerprint density at radius 1 is 1.67 bits per heavy atom. The van der Waals surface area contributed by atoms with Crippen molar-refractivity contribution in [3.8, 4) is 0 Å². The fourth-order valence-electron chi connectivity index (χ4n) is 0.525. The van der Waals surface area contributed by atoms with Crippen molar-refractivity contribution in [2.45, 2.75) is 12.2 Å². The fourth-order valence-corrected chi connectivity index (χ4v) is 1.08. The maximum Gasteiger partial charge on any atom is 0.144 e. The first kappa shape index (κ1) is 9.84. The van der Waals surface area contributed by atoms with E-state index in [4.69, 9.17) is 9.63 Å². The van der Waals surface area contributed by atoms with Gasteiger partial charge in [0.25, 0.3) is 0 Å². The normalized spacial score (nSPS) is 13.2. The van der Waals surface area contributed by atoms with E-state index >= 15 is 0 Å². The molecule has 1 radical (unpaired) electrons. The highest BCUT2D eigenvalue weighted by atomic mass is 31.0. The third-order valence-corrected chi connectivity index (χ3v) is 1.82. The van der Waals surface area contributed by atoms with Crippen LogP contribution >= 0.6 is 18.6 Å². The van der Waals surface area contributed by atoms with Gasteiger partial charge in [0.15, 0.2) is 0 Å². The first-order valence-electron chi connectivity index (χ1n) is 2.82. The molecule has 2 nitrogen and oxygen atoms in total. The van der Waals surface area contributed by atoms with Crippen LogP contribution < -0.4 is 0 Å². The zero-order chi connectivity index (χ0) is 7.11. The third kappa shape index (κ3) is 5.30. The average molecular weight is 165 g/mol. The van der Waals surface area contributed by atoms with Crippen LogP contribution in [0.1, 0.15) is 6.42 Å². The Morgan fingerprint density at radius 3 is 2.67 bits per heavy atom. The highest BCUT2D eigenvalue weighted by molar-refractivity contribution is 7.56. The van der Waals surface area contributed by atoms with Gasteiger partial charge in [-0.05, 0) is 12.2 Å². The molecular weight excluding hydrogens is 153 g/mol. The van der Waals surface area contributed by atoms with Gasteiger partial charge in [-0.15, -0.1) is 0 Å². The van der Waals surface area contributed by atoms with Gasteiger partial charge in [0, 0.05) is 22.7 Å². The van der Waals surface area contributed by atoms with Crippen molar-refractivity contribution >= 4 is 25.6 Å². The van der Waals surface area contributed by atoms with Gasteiger partial charge < -0.3 is 9.63 Å². The molecule has 3 unspecified atom stereocenters. The number of aliphatic hydroxyl groups is 1. The second-order valence-corrected chi connectivity index (χ2v) is 2.52. The van der Waals surface area contributed by atoms with E-state index in [2.05, 4.69) is 18.6 Å². The molecule has 0 aromatic rings. The molecule has 0 heterocycles. The summed E-state index contributed by atoms with van der Waals surface area (Å²) in [6.07, 6.45) is 0.776. The number of hydrogen-bond acceptors (Lipinski definition) is 2. The van der Waals surface area contributed by atoms with Gasteiger partial charge in [-0.25, -0.2) is 0 Å². The summed E-state index contributed by atoms with van der Waals surface area (Å²) in [5.74, 6) is 0.359. The highest BCUT2D eigenvalue weighted by Crippen LogP contribution is 2.12. The molecule has 0 fully saturated rings. The molecule has 0 aliphatic heterocycles. The molecule has 3 atom stereocenters. The SMILES string of the molecule is OCCC([B]P)COP. The summed E-state index contributed by atoms with van der Waals surface area (Å²) in [4.78, 5) is 0. The molecule has 0 bridgehead atoms. The summed E-state index contributed by atoms with van der Waals surface area (Å²) in [7, 11) is 4.71. The van der Waals surface area contributed by atoms with E-state index in [1.54, 1.807) is 0 Å². The van der Waals surface area contributed by atoms with Crippen LogP contribution in [0.2, 0.25) is 5.82 Å². The van der Waals surface area contributed by atoms with Crippen molar-refractivity contribution in [3.05, 3.63) is 0 Å². The summed E-state index contributed by atoms with van der Waals surface area (Å²) >= 11 is 0. The summed E-state index contributed by atoms with van der Waals surface area (Å²) in [5, 5.41) is 8.50. The second kappa shape index (κ2) is 6.96. The van der Waals surface area contributed by atoms with E-state index in [-0.39, 0.29) is 6.61 Å². The van der Waals surface area contributed by atoms with Gasteiger partial charge >= 0.3 is 0 Å². The minimum absolute atomic E-state index is 0.226. The molecule has 0 amide bonds. The van der Waals surface area contributed by atoms with E-state index in [1.165, 1.54) is 0 Å². The molecule has 0 aromatic carbocycles. The minimum atomic E-state index is 0.226. The lowest BCUT2D eigenvalue weighted by Gasteiger charge is -2.09. The van der Waals surface area contributed by atoms with Crippen LogP contribution in [-0.4, -0.2) is 25.3 Å². The monoisotopic (exact) mass is 165 g/mol. The van der Waals surface area contributed by atoms with Crippen molar-refractivity contribution in [3.63, 3.8) is 0 Å². The molecule has 0 rings (SSSR count). The Bertz CT molecular complexity index is 58.5. The molecule has 0 aromatic heterocycles. The molecule has 5 heteroatoms. The second-order valence-electron chi connectivity index (χ2n) is 1.80. The summed E-state index contributed by atoms with van der Waals surface area (Å²) in [6, 6.07) is 0. The van der Waals surface area contributed by atoms with Gasteiger partial charge in [-0.2, -0.15) is 9.12 Å².